The number of hydrogen-bond acceptors (Lipinski definition) is 5. The lowest BCUT2D eigenvalue weighted by molar-refractivity contribution is 0.414. The number of benzene rings is 2. The molecule has 27 heavy (non-hydrogen) atoms. The first kappa shape index (κ1) is 17.4. The van der Waals surface area contributed by atoms with Crippen molar-refractivity contribution in [3.05, 3.63) is 70.9 Å². The summed E-state index contributed by atoms with van der Waals surface area (Å²) >= 11 is 0. The zero-order valence-electron chi connectivity index (χ0n) is 15.3. The summed E-state index contributed by atoms with van der Waals surface area (Å²) in [6.45, 7) is 4.42. The molecule has 7 nitrogen and oxygen atoms in total. The average molecular weight is 365 g/mol. The molecule has 0 spiro atoms. The molecular formula is C20H23N5O2. The minimum atomic E-state index is -0.152. The summed E-state index contributed by atoms with van der Waals surface area (Å²) in [5.41, 5.74) is 2.84. The van der Waals surface area contributed by atoms with Crippen molar-refractivity contribution < 1.29 is 4.74 Å². The van der Waals surface area contributed by atoms with Gasteiger partial charge in [-0.3, -0.25) is 0 Å². The second-order valence-corrected chi connectivity index (χ2v) is 6.54. The minimum Gasteiger partial charge on any atom is -0.497 e. The molecule has 0 amide bonds. The van der Waals surface area contributed by atoms with Crippen LogP contribution in [-0.2, 0) is 6.54 Å². The van der Waals surface area contributed by atoms with Crippen LogP contribution < -0.4 is 20.6 Å². The number of aromatic nitrogens is 3. The largest absolute Gasteiger partial charge is 0.497 e. The third-order valence-corrected chi connectivity index (χ3v) is 4.83. The van der Waals surface area contributed by atoms with E-state index in [1.807, 2.05) is 36.4 Å². The van der Waals surface area contributed by atoms with Crippen molar-refractivity contribution in [2.24, 2.45) is 0 Å². The highest BCUT2D eigenvalue weighted by Gasteiger charge is 2.12. The van der Waals surface area contributed by atoms with Crippen LogP contribution in [0.15, 0.2) is 59.7 Å². The lowest BCUT2D eigenvalue weighted by Crippen LogP contribution is -2.43. The van der Waals surface area contributed by atoms with Crippen LogP contribution in [-0.4, -0.2) is 47.6 Å². The maximum absolute atomic E-state index is 12.7. The van der Waals surface area contributed by atoms with Gasteiger partial charge >= 0.3 is 5.69 Å². The van der Waals surface area contributed by atoms with Gasteiger partial charge in [-0.05, 0) is 42.0 Å². The molecule has 0 saturated carbocycles. The molecule has 1 aliphatic rings. The number of nitrogens with zero attached hydrogens (tertiary/aromatic N) is 4. The fourth-order valence-electron chi connectivity index (χ4n) is 3.27. The number of ether oxygens (including phenoxy) is 1. The van der Waals surface area contributed by atoms with Gasteiger partial charge in [0.1, 0.15) is 12.1 Å². The highest BCUT2D eigenvalue weighted by Crippen LogP contribution is 2.17. The number of methoxy groups -OCH3 is 1. The molecule has 0 radical (unpaired) electrons. The molecule has 1 saturated heterocycles. The maximum atomic E-state index is 12.7. The van der Waals surface area contributed by atoms with E-state index < -0.39 is 0 Å². The second kappa shape index (κ2) is 7.67. The Morgan fingerprint density at radius 3 is 2.33 bits per heavy atom. The van der Waals surface area contributed by atoms with Gasteiger partial charge in [0.2, 0.25) is 0 Å². The number of anilines is 1. The molecular weight excluding hydrogens is 342 g/mol. The summed E-state index contributed by atoms with van der Waals surface area (Å²) in [5, 5.41) is 7.61. The topological polar surface area (TPSA) is 64.3 Å². The predicted molar refractivity (Wildman–Crippen MR) is 105 cm³/mol. The van der Waals surface area contributed by atoms with Crippen LogP contribution in [0.25, 0.3) is 5.69 Å². The van der Waals surface area contributed by atoms with Crippen molar-refractivity contribution in [3.63, 3.8) is 0 Å². The zero-order valence-corrected chi connectivity index (χ0v) is 15.3. The molecule has 1 aromatic heterocycles. The van der Waals surface area contributed by atoms with Crippen molar-refractivity contribution in [1.29, 1.82) is 0 Å². The van der Waals surface area contributed by atoms with Crippen LogP contribution in [0.4, 0.5) is 5.69 Å². The van der Waals surface area contributed by atoms with E-state index in [9.17, 15) is 4.79 Å². The van der Waals surface area contributed by atoms with Crippen LogP contribution in [0.3, 0.4) is 0 Å². The molecule has 0 atom stereocenters. The van der Waals surface area contributed by atoms with E-state index in [0.717, 1.165) is 43.2 Å². The van der Waals surface area contributed by atoms with Gasteiger partial charge in [0, 0.05) is 31.9 Å². The lowest BCUT2D eigenvalue weighted by atomic mass is 10.2. The monoisotopic (exact) mass is 365 g/mol. The number of hydrogen-bond donors (Lipinski definition) is 1. The van der Waals surface area contributed by atoms with Crippen molar-refractivity contribution in [2.75, 3.05) is 38.2 Å². The summed E-state index contributed by atoms with van der Waals surface area (Å²) < 4.78 is 8.20. The predicted octanol–water partition coefficient (Wildman–Crippen LogP) is 1.50. The Bertz CT molecular complexity index is 938. The molecule has 140 valence electrons. The third kappa shape index (κ3) is 3.73. The Hall–Kier alpha value is -3.06. The summed E-state index contributed by atoms with van der Waals surface area (Å²) in [6.07, 6.45) is 1.58. The normalized spacial score (nSPS) is 14.3. The molecule has 0 aliphatic carbocycles. The van der Waals surface area contributed by atoms with Crippen LogP contribution in [0.1, 0.15) is 5.56 Å². The van der Waals surface area contributed by atoms with Gasteiger partial charge < -0.3 is 15.0 Å². The smallest absolute Gasteiger partial charge is 0.350 e. The molecule has 0 bridgehead atoms. The van der Waals surface area contributed by atoms with Gasteiger partial charge in [-0.2, -0.15) is 5.10 Å². The van der Waals surface area contributed by atoms with E-state index in [4.69, 9.17) is 4.74 Å². The van der Waals surface area contributed by atoms with E-state index in [1.54, 1.807) is 18.0 Å². The second-order valence-electron chi connectivity index (χ2n) is 6.54. The van der Waals surface area contributed by atoms with E-state index >= 15 is 0 Å². The molecule has 3 aromatic rings. The summed E-state index contributed by atoms with van der Waals surface area (Å²) in [6, 6.07) is 15.7. The fourth-order valence-corrected chi connectivity index (χ4v) is 3.27. The van der Waals surface area contributed by atoms with E-state index in [2.05, 4.69) is 27.4 Å². The van der Waals surface area contributed by atoms with Crippen LogP contribution in [0.2, 0.25) is 0 Å². The van der Waals surface area contributed by atoms with Crippen molar-refractivity contribution in [2.45, 2.75) is 6.54 Å². The average Bonchev–Trinajstić information content (AvgIpc) is 3.09. The minimum absolute atomic E-state index is 0.152. The molecule has 4 rings (SSSR count). The van der Waals surface area contributed by atoms with Crippen molar-refractivity contribution >= 4 is 5.69 Å². The van der Waals surface area contributed by atoms with Gasteiger partial charge in [-0.25, -0.2) is 14.0 Å². The standard InChI is InChI=1S/C20H23N5O2/c1-27-19-8-2-16(3-9-19)14-25-20(26)24(15-22-25)18-6-4-17(5-7-18)23-12-10-21-11-13-23/h2-9,15,21H,10-14H2,1H3. The van der Waals surface area contributed by atoms with E-state index in [1.165, 1.54) is 10.4 Å². The van der Waals surface area contributed by atoms with E-state index in [0.29, 0.717) is 6.54 Å². The van der Waals surface area contributed by atoms with Gasteiger partial charge in [0.15, 0.2) is 0 Å². The van der Waals surface area contributed by atoms with Gasteiger partial charge in [0.05, 0.1) is 19.3 Å². The van der Waals surface area contributed by atoms with Crippen molar-refractivity contribution in [3.8, 4) is 11.4 Å². The SMILES string of the molecule is COc1ccc(Cn2ncn(-c3ccc(N4CCNCC4)cc3)c2=O)cc1. The Morgan fingerprint density at radius 1 is 1.00 bits per heavy atom. The third-order valence-electron chi connectivity index (χ3n) is 4.83. The molecule has 7 heteroatoms. The van der Waals surface area contributed by atoms with Crippen LogP contribution in [0, 0.1) is 0 Å². The zero-order chi connectivity index (χ0) is 18.6. The van der Waals surface area contributed by atoms with Gasteiger partial charge in [-0.1, -0.05) is 12.1 Å². The molecule has 2 aromatic carbocycles. The first-order chi connectivity index (χ1) is 13.2. The van der Waals surface area contributed by atoms with Crippen molar-refractivity contribution in [1.82, 2.24) is 19.7 Å². The highest BCUT2D eigenvalue weighted by atomic mass is 16.5. The lowest BCUT2D eigenvalue weighted by Gasteiger charge is -2.29. The summed E-state index contributed by atoms with van der Waals surface area (Å²) in [7, 11) is 1.63. The Balaban J connectivity index is 1.51. The summed E-state index contributed by atoms with van der Waals surface area (Å²) in [5.74, 6) is 0.793. The Labute approximate surface area is 157 Å². The molecule has 2 heterocycles. The maximum Gasteiger partial charge on any atom is 0.350 e. The highest BCUT2D eigenvalue weighted by molar-refractivity contribution is 5.51. The first-order valence-electron chi connectivity index (χ1n) is 9.08. The number of nitrogens with one attached hydrogen (secondary N) is 1. The Kier molecular flexibility index (Phi) is 4.93. The fraction of sp³-hybridized carbons (Fsp3) is 0.300. The van der Waals surface area contributed by atoms with Crippen LogP contribution >= 0.6 is 0 Å². The molecule has 0 unspecified atom stereocenters. The Morgan fingerprint density at radius 2 is 1.67 bits per heavy atom. The molecule has 1 N–H and O–H groups in total. The van der Waals surface area contributed by atoms with Gasteiger partial charge in [-0.15, -0.1) is 0 Å². The molecule has 1 fully saturated rings. The summed E-state index contributed by atoms with van der Waals surface area (Å²) in [4.78, 5) is 15.0. The van der Waals surface area contributed by atoms with Crippen LogP contribution in [0.5, 0.6) is 5.75 Å². The van der Waals surface area contributed by atoms with Gasteiger partial charge in [0.25, 0.3) is 0 Å². The van der Waals surface area contributed by atoms with E-state index in [-0.39, 0.29) is 5.69 Å². The number of rotatable bonds is 5. The first-order valence-corrected chi connectivity index (χ1v) is 9.08. The molecule has 1 aliphatic heterocycles. The quantitative estimate of drug-likeness (QED) is 0.742. The number of piperazine rings is 1.